The molecular weight excluding hydrogens is 546 g/mol. The summed E-state index contributed by atoms with van der Waals surface area (Å²) in [4.78, 5) is 41.2. The van der Waals surface area contributed by atoms with Gasteiger partial charge in [-0.15, -0.1) is 0 Å². The van der Waals surface area contributed by atoms with Crippen LogP contribution in [0.2, 0.25) is 0 Å². The Balaban J connectivity index is 1.67. The van der Waals surface area contributed by atoms with Crippen LogP contribution in [0.3, 0.4) is 0 Å². The highest BCUT2D eigenvalue weighted by molar-refractivity contribution is 6.07. The highest BCUT2D eigenvalue weighted by Gasteiger charge is 2.43. The van der Waals surface area contributed by atoms with E-state index in [4.69, 9.17) is 18.9 Å². The number of aliphatic imine (C=N–C) groups is 1. The number of nitro benzene ring substituents is 1. The Morgan fingerprint density at radius 1 is 1.07 bits per heavy atom. The smallest absolute Gasteiger partial charge is 0.336 e. The molecule has 0 fully saturated rings. The second kappa shape index (κ2) is 15.6. The fourth-order valence-electron chi connectivity index (χ4n) is 4.78. The Bertz CT molecular complexity index is 1310. The number of carbonyl (C=O) groups excluding carboxylic acids is 2. The molecule has 3 atom stereocenters. The molecule has 0 amide bonds. The first-order chi connectivity index (χ1) is 20.2. The van der Waals surface area contributed by atoms with Gasteiger partial charge in [0.2, 0.25) is 0 Å². The molecule has 0 aliphatic carbocycles. The lowest BCUT2D eigenvalue weighted by Crippen LogP contribution is -2.36. The van der Waals surface area contributed by atoms with Crippen molar-refractivity contribution in [3.8, 4) is 11.5 Å². The molecule has 2 aromatic carbocycles. The van der Waals surface area contributed by atoms with Crippen molar-refractivity contribution in [2.24, 2.45) is 10.9 Å². The summed E-state index contributed by atoms with van der Waals surface area (Å²) in [6, 6.07) is 13.3. The van der Waals surface area contributed by atoms with Crippen LogP contribution in [0.5, 0.6) is 11.5 Å². The zero-order valence-corrected chi connectivity index (χ0v) is 24.2. The van der Waals surface area contributed by atoms with Gasteiger partial charge in [0, 0.05) is 41.6 Å². The molecule has 2 unspecified atom stereocenters. The Morgan fingerprint density at radius 2 is 1.81 bits per heavy atom. The number of methoxy groups -OCH3 is 2. The molecule has 2 aromatic rings. The molecule has 0 saturated heterocycles. The number of ether oxygens (including phenoxy) is 4. The number of nitrogens with zero attached hydrogens (tertiary/aromatic N) is 2. The van der Waals surface area contributed by atoms with Gasteiger partial charge in [-0.3, -0.25) is 19.9 Å². The summed E-state index contributed by atoms with van der Waals surface area (Å²) >= 11 is 0. The largest absolute Gasteiger partial charge is 0.493 e. The number of benzene rings is 2. The lowest BCUT2D eigenvalue weighted by molar-refractivity contribution is -0.385. The maximum absolute atomic E-state index is 12.9. The van der Waals surface area contributed by atoms with E-state index < -0.39 is 34.8 Å². The molecule has 0 bridgehead atoms. The lowest BCUT2D eigenvalue weighted by atomic mass is 9.75. The number of carbonyl (C=O) groups is 2. The van der Waals surface area contributed by atoms with E-state index in [-0.39, 0.29) is 30.0 Å². The summed E-state index contributed by atoms with van der Waals surface area (Å²) in [6.07, 6.45) is 0.681. The first-order valence-corrected chi connectivity index (χ1v) is 13.6. The number of hydrogen-bond donors (Lipinski definition) is 2. The summed E-state index contributed by atoms with van der Waals surface area (Å²) in [5.74, 6) is -2.35. The van der Waals surface area contributed by atoms with Crippen molar-refractivity contribution in [3.05, 3.63) is 75.5 Å². The molecule has 0 saturated carbocycles. The van der Waals surface area contributed by atoms with Gasteiger partial charge < -0.3 is 29.4 Å². The second-order valence-corrected chi connectivity index (χ2v) is 9.74. The number of nitrogens with one attached hydrogen (secondary N) is 1. The fraction of sp³-hybridized carbons (Fsp3) is 0.433. The van der Waals surface area contributed by atoms with Crippen LogP contribution in [0, 0.1) is 16.0 Å². The van der Waals surface area contributed by atoms with Gasteiger partial charge in [-0.2, -0.15) is 0 Å². The number of allylic oxidation sites excluding steroid dienone is 1. The van der Waals surface area contributed by atoms with Crippen LogP contribution in [0.4, 0.5) is 5.69 Å². The molecule has 1 heterocycles. The quantitative estimate of drug-likeness (QED) is 0.137. The number of hydrogen-bond acceptors (Lipinski definition) is 11. The number of aliphatic hydroxyl groups excluding tert-OH is 1. The summed E-state index contributed by atoms with van der Waals surface area (Å²) in [6.45, 7) is 4.68. The zero-order valence-electron chi connectivity index (χ0n) is 24.2. The van der Waals surface area contributed by atoms with E-state index >= 15 is 0 Å². The highest BCUT2D eigenvalue weighted by Crippen LogP contribution is 2.44. The van der Waals surface area contributed by atoms with Crippen molar-refractivity contribution >= 4 is 23.3 Å². The van der Waals surface area contributed by atoms with E-state index in [0.717, 1.165) is 6.42 Å². The molecule has 2 N–H and O–H groups in total. The number of esters is 2. The molecule has 12 heteroatoms. The number of para-hydroxylation sites is 1. The van der Waals surface area contributed by atoms with Gasteiger partial charge in [-0.05, 0) is 51.4 Å². The van der Waals surface area contributed by atoms with Crippen molar-refractivity contribution in [2.75, 3.05) is 40.5 Å². The molecule has 12 nitrogen and oxygen atoms in total. The van der Waals surface area contributed by atoms with Crippen LogP contribution in [0.1, 0.15) is 38.2 Å². The standard InChI is InChI=1S/C30H37N3O9/c1-19-26(29(35)39-3)28(27(20(2)32-19)30(36)40-4)24-16-21(33(37)38)12-13-25(24)41-15-9-8-14-31-17-22(34)18-42-23-10-6-5-7-11-23/h5-7,10-13,16,22,26,28,31,34H,8-9,14-15,17-18H2,1-4H3/t22-,26?,28?/m1/s1. The molecule has 1 aliphatic rings. The summed E-state index contributed by atoms with van der Waals surface area (Å²) < 4.78 is 21.6. The molecule has 1 aliphatic heterocycles. The third-order valence-corrected chi connectivity index (χ3v) is 6.80. The van der Waals surface area contributed by atoms with Crippen LogP contribution in [0.25, 0.3) is 0 Å². The van der Waals surface area contributed by atoms with Crippen molar-refractivity contribution < 1.29 is 38.6 Å². The topological polar surface area (TPSA) is 159 Å². The average molecular weight is 584 g/mol. The second-order valence-electron chi connectivity index (χ2n) is 9.74. The highest BCUT2D eigenvalue weighted by atomic mass is 16.6. The Kier molecular flexibility index (Phi) is 12.0. The Hall–Kier alpha value is -4.29. The fourth-order valence-corrected chi connectivity index (χ4v) is 4.78. The van der Waals surface area contributed by atoms with Gasteiger partial charge in [0.1, 0.15) is 30.1 Å². The maximum atomic E-state index is 12.9. The first kappa shape index (κ1) is 32.2. The van der Waals surface area contributed by atoms with E-state index in [0.29, 0.717) is 42.4 Å². The van der Waals surface area contributed by atoms with E-state index in [1.165, 1.54) is 32.4 Å². The monoisotopic (exact) mass is 583 g/mol. The Morgan fingerprint density at radius 3 is 2.48 bits per heavy atom. The van der Waals surface area contributed by atoms with E-state index in [1.54, 1.807) is 13.8 Å². The number of nitro groups is 1. The van der Waals surface area contributed by atoms with Gasteiger partial charge in [-0.1, -0.05) is 18.2 Å². The molecule has 3 rings (SSSR count). The number of non-ortho nitro benzene ring substituents is 1. The van der Waals surface area contributed by atoms with Crippen LogP contribution in [-0.4, -0.2) is 74.3 Å². The van der Waals surface area contributed by atoms with Gasteiger partial charge in [0.25, 0.3) is 5.69 Å². The minimum absolute atomic E-state index is 0.0999. The van der Waals surface area contributed by atoms with Crippen LogP contribution in [0.15, 0.2) is 64.8 Å². The summed E-state index contributed by atoms with van der Waals surface area (Å²) in [7, 11) is 2.44. The van der Waals surface area contributed by atoms with Gasteiger partial charge in [-0.25, -0.2) is 4.79 Å². The van der Waals surface area contributed by atoms with Gasteiger partial charge in [0.05, 0.1) is 31.3 Å². The van der Waals surface area contributed by atoms with E-state index in [2.05, 4.69) is 10.3 Å². The average Bonchev–Trinajstić information content (AvgIpc) is 2.99. The predicted molar refractivity (Wildman–Crippen MR) is 155 cm³/mol. The maximum Gasteiger partial charge on any atom is 0.336 e. The molecular formula is C30H37N3O9. The predicted octanol–water partition coefficient (Wildman–Crippen LogP) is 3.58. The molecule has 0 radical (unpaired) electrons. The summed E-state index contributed by atoms with van der Waals surface area (Å²) in [5, 5.41) is 25.0. The third-order valence-electron chi connectivity index (χ3n) is 6.80. The molecule has 0 aromatic heterocycles. The van der Waals surface area contributed by atoms with Crippen molar-refractivity contribution in [2.45, 2.75) is 38.7 Å². The SMILES string of the molecule is COC(=O)C1=C(C)N=C(C)C(C(=O)OC)C1c1cc([N+](=O)[O-])ccc1OCCCCNC[C@@H](O)COc1ccccc1. The summed E-state index contributed by atoms with van der Waals surface area (Å²) in [5.41, 5.74) is 0.902. The number of aliphatic hydroxyl groups is 1. The van der Waals surface area contributed by atoms with Gasteiger partial charge in [0.15, 0.2) is 0 Å². The van der Waals surface area contributed by atoms with Crippen LogP contribution in [-0.2, 0) is 19.1 Å². The molecule has 42 heavy (non-hydrogen) atoms. The van der Waals surface area contributed by atoms with E-state index in [1.807, 2.05) is 30.3 Å². The van der Waals surface area contributed by atoms with Gasteiger partial charge >= 0.3 is 11.9 Å². The Labute approximate surface area is 244 Å². The molecule has 0 spiro atoms. The first-order valence-electron chi connectivity index (χ1n) is 13.6. The van der Waals surface area contributed by atoms with Crippen LogP contribution >= 0.6 is 0 Å². The number of unbranched alkanes of at least 4 members (excludes halogenated alkanes) is 1. The number of rotatable bonds is 15. The third kappa shape index (κ3) is 8.37. The normalized spacial score (nSPS) is 17.2. The van der Waals surface area contributed by atoms with Crippen molar-refractivity contribution in [1.29, 1.82) is 0 Å². The van der Waals surface area contributed by atoms with Crippen molar-refractivity contribution in [3.63, 3.8) is 0 Å². The zero-order chi connectivity index (χ0) is 30.6. The van der Waals surface area contributed by atoms with Crippen LogP contribution < -0.4 is 14.8 Å². The minimum atomic E-state index is -1.02. The lowest BCUT2D eigenvalue weighted by Gasteiger charge is -2.31. The minimum Gasteiger partial charge on any atom is -0.493 e. The van der Waals surface area contributed by atoms with Crippen molar-refractivity contribution in [1.82, 2.24) is 5.32 Å². The van der Waals surface area contributed by atoms with E-state index in [9.17, 15) is 24.8 Å². The molecule has 226 valence electrons.